The predicted molar refractivity (Wildman–Crippen MR) is 76.8 cm³/mol. The Morgan fingerprint density at radius 3 is 2.68 bits per heavy atom. The van der Waals surface area contributed by atoms with Crippen molar-refractivity contribution < 1.29 is 18.3 Å². The summed E-state index contributed by atoms with van der Waals surface area (Å²) in [5.41, 5.74) is 0. The van der Waals surface area contributed by atoms with Crippen LogP contribution in [0.3, 0.4) is 0 Å². The summed E-state index contributed by atoms with van der Waals surface area (Å²) in [6, 6.07) is 4.49. The molecule has 1 rings (SSSR count). The van der Waals surface area contributed by atoms with E-state index in [0.29, 0.717) is 16.6 Å². The molecule has 0 aliphatic rings. The van der Waals surface area contributed by atoms with Crippen molar-refractivity contribution in [1.29, 1.82) is 0 Å². The molecule has 0 bridgehead atoms. The lowest BCUT2D eigenvalue weighted by atomic mass is 10.2. The second kappa shape index (κ2) is 7.23. The first-order chi connectivity index (χ1) is 8.90. The van der Waals surface area contributed by atoms with Crippen LogP contribution >= 0.6 is 15.9 Å². The van der Waals surface area contributed by atoms with Gasteiger partial charge in [-0.15, -0.1) is 0 Å². The molecule has 1 unspecified atom stereocenters. The standard InChI is InChI=1S/C12H18BrNO4S/c1-3-4-9(15)8-14-19(16,17)10-5-6-12(18-2)11(13)7-10/h5-7,9,14-15H,3-4,8H2,1-2H3. The van der Waals surface area contributed by atoms with Crippen LogP contribution in [0.5, 0.6) is 5.75 Å². The second-order valence-electron chi connectivity index (χ2n) is 4.09. The van der Waals surface area contributed by atoms with Gasteiger partial charge >= 0.3 is 0 Å². The molecular formula is C12H18BrNO4S. The van der Waals surface area contributed by atoms with E-state index in [4.69, 9.17) is 4.74 Å². The van der Waals surface area contributed by atoms with Crippen molar-refractivity contribution >= 4 is 26.0 Å². The third kappa shape index (κ3) is 4.76. The van der Waals surface area contributed by atoms with Gasteiger partial charge in [0.15, 0.2) is 0 Å². The Bertz CT molecular complexity index is 518. The molecule has 19 heavy (non-hydrogen) atoms. The molecule has 5 nitrogen and oxygen atoms in total. The van der Waals surface area contributed by atoms with Gasteiger partial charge < -0.3 is 9.84 Å². The number of aliphatic hydroxyl groups is 1. The Balaban J connectivity index is 2.80. The van der Waals surface area contributed by atoms with Crippen molar-refractivity contribution in [2.24, 2.45) is 0 Å². The first-order valence-corrected chi connectivity index (χ1v) is 8.19. The number of ether oxygens (including phenoxy) is 1. The number of hydrogen-bond acceptors (Lipinski definition) is 4. The lowest BCUT2D eigenvalue weighted by Crippen LogP contribution is -2.32. The molecule has 0 aromatic heterocycles. The summed E-state index contributed by atoms with van der Waals surface area (Å²) in [4.78, 5) is 0.129. The minimum absolute atomic E-state index is 0.0137. The number of benzene rings is 1. The van der Waals surface area contributed by atoms with E-state index in [9.17, 15) is 13.5 Å². The van der Waals surface area contributed by atoms with E-state index in [1.807, 2.05) is 6.92 Å². The Kier molecular flexibility index (Phi) is 6.25. The van der Waals surface area contributed by atoms with Gasteiger partial charge in [0.1, 0.15) is 5.75 Å². The molecule has 7 heteroatoms. The van der Waals surface area contributed by atoms with Gasteiger partial charge in [0.2, 0.25) is 10.0 Å². The molecule has 0 amide bonds. The Labute approximate surface area is 122 Å². The molecule has 0 spiro atoms. The third-order valence-electron chi connectivity index (χ3n) is 2.56. The van der Waals surface area contributed by atoms with Gasteiger partial charge in [-0.25, -0.2) is 13.1 Å². The third-order valence-corrected chi connectivity index (χ3v) is 4.61. The van der Waals surface area contributed by atoms with Crippen molar-refractivity contribution in [2.75, 3.05) is 13.7 Å². The van der Waals surface area contributed by atoms with E-state index in [1.165, 1.54) is 19.2 Å². The van der Waals surface area contributed by atoms with E-state index in [-0.39, 0.29) is 11.4 Å². The smallest absolute Gasteiger partial charge is 0.240 e. The number of rotatable bonds is 7. The molecule has 0 radical (unpaired) electrons. The van der Waals surface area contributed by atoms with Crippen LogP contribution in [0.15, 0.2) is 27.6 Å². The molecule has 1 atom stereocenters. The van der Waals surface area contributed by atoms with Crippen LogP contribution < -0.4 is 9.46 Å². The number of aliphatic hydroxyl groups excluding tert-OH is 1. The van der Waals surface area contributed by atoms with Gasteiger partial charge in [0.25, 0.3) is 0 Å². The van der Waals surface area contributed by atoms with Gasteiger partial charge in [-0.3, -0.25) is 0 Å². The van der Waals surface area contributed by atoms with Crippen LogP contribution in [0.1, 0.15) is 19.8 Å². The average Bonchev–Trinajstić information content (AvgIpc) is 2.37. The van der Waals surface area contributed by atoms with Crippen molar-refractivity contribution in [3.63, 3.8) is 0 Å². The fourth-order valence-corrected chi connectivity index (χ4v) is 3.33. The van der Waals surface area contributed by atoms with E-state index in [2.05, 4.69) is 20.7 Å². The van der Waals surface area contributed by atoms with Gasteiger partial charge in [0, 0.05) is 6.54 Å². The van der Waals surface area contributed by atoms with Crippen LogP contribution in [0.2, 0.25) is 0 Å². The van der Waals surface area contributed by atoms with Crippen molar-refractivity contribution in [3.05, 3.63) is 22.7 Å². The van der Waals surface area contributed by atoms with Crippen molar-refractivity contribution in [1.82, 2.24) is 4.72 Å². The molecule has 0 heterocycles. The largest absolute Gasteiger partial charge is 0.496 e. The van der Waals surface area contributed by atoms with Crippen molar-refractivity contribution in [3.8, 4) is 5.75 Å². The molecule has 0 fully saturated rings. The van der Waals surface area contributed by atoms with Crippen LogP contribution in [0, 0.1) is 0 Å². The number of halogens is 1. The average molecular weight is 352 g/mol. The summed E-state index contributed by atoms with van der Waals surface area (Å²) >= 11 is 3.24. The number of hydrogen-bond donors (Lipinski definition) is 2. The van der Waals surface area contributed by atoms with Crippen LogP contribution in [-0.2, 0) is 10.0 Å². The topological polar surface area (TPSA) is 75.6 Å². The number of methoxy groups -OCH3 is 1. The number of sulfonamides is 1. The normalized spacial score (nSPS) is 13.3. The molecule has 2 N–H and O–H groups in total. The molecule has 0 aliphatic heterocycles. The van der Waals surface area contributed by atoms with E-state index in [1.54, 1.807) is 6.07 Å². The summed E-state index contributed by atoms with van der Waals surface area (Å²) < 4.78 is 32.0. The maximum atomic E-state index is 12.0. The van der Waals surface area contributed by atoms with Gasteiger partial charge in [-0.1, -0.05) is 13.3 Å². The second-order valence-corrected chi connectivity index (χ2v) is 6.71. The summed E-state index contributed by atoms with van der Waals surface area (Å²) in [7, 11) is -2.11. The first-order valence-electron chi connectivity index (χ1n) is 5.92. The highest BCUT2D eigenvalue weighted by molar-refractivity contribution is 9.10. The maximum absolute atomic E-state index is 12.0. The lowest BCUT2D eigenvalue weighted by molar-refractivity contribution is 0.167. The minimum Gasteiger partial charge on any atom is -0.496 e. The highest BCUT2D eigenvalue weighted by Gasteiger charge is 2.17. The molecule has 0 aliphatic carbocycles. The van der Waals surface area contributed by atoms with Crippen molar-refractivity contribution in [2.45, 2.75) is 30.8 Å². The number of nitrogens with one attached hydrogen (secondary N) is 1. The highest BCUT2D eigenvalue weighted by Crippen LogP contribution is 2.27. The monoisotopic (exact) mass is 351 g/mol. The fourth-order valence-electron chi connectivity index (χ4n) is 1.54. The zero-order valence-electron chi connectivity index (χ0n) is 10.9. The highest BCUT2D eigenvalue weighted by atomic mass is 79.9. The van der Waals surface area contributed by atoms with Gasteiger partial charge in [-0.2, -0.15) is 0 Å². The predicted octanol–water partition coefficient (Wildman–Crippen LogP) is 1.90. The quantitative estimate of drug-likeness (QED) is 0.786. The molecule has 108 valence electrons. The summed E-state index contributed by atoms with van der Waals surface area (Å²) in [5, 5.41) is 9.54. The van der Waals surface area contributed by atoms with Crippen LogP contribution in [0.25, 0.3) is 0 Å². The Morgan fingerprint density at radius 2 is 2.16 bits per heavy atom. The Morgan fingerprint density at radius 1 is 1.47 bits per heavy atom. The van der Waals surface area contributed by atoms with Crippen LogP contribution in [-0.4, -0.2) is 33.3 Å². The zero-order valence-corrected chi connectivity index (χ0v) is 13.3. The molecule has 0 saturated heterocycles. The summed E-state index contributed by atoms with van der Waals surface area (Å²) in [6.45, 7) is 1.94. The fraction of sp³-hybridized carbons (Fsp3) is 0.500. The van der Waals surface area contributed by atoms with Crippen LogP contribution in [0.4, 0.5) is 0 Å². The SMILES string of the molecule is CCCC(O)CNS(=O)(=O)c1ccc(OC)c(Br)c1. The summed E-state index contributed by atoms with van der Waals surface area (Å²) in [6.07, 6.45) is 0.702. The van der Waals surface area contributed by atoms with E-state index >= 15 is 0 Å². The lowest BCUT2D eigenvalue weighted by Gasteiger charge is -2.12. The molecule has 0 saturated carbocycles. The minimum atomic E-state index is -3.62. The molecular weight excluding hydrogens is 334 g/mol. The van der Waals surface area contributed by atoms with E-state index in [0.717, 1.165) is 6.42 Å². The van der Waals surface area contributed by atoms with E-state index < -0.39 is 16.1 Å². The maximum Gasteiger partial charge on any atom is 0.240 e. The molecule has 1 aromatic rings. The summed E-state index contributed by atoms with van der Waals surface area (Å²) in [5.74, 6) is 0.560. The van der Waals surface area contributed by atoms with Gasteiger partial charge in [-0.05, 0) is 40.5 Å². The Hall–Kier alpha value is -0.630. The molecule has 1 aromatic carbocycles. The first kappa shape index (κ1) is 16.4. The van der Waals surface area contributed by atoms with Gasteiger partial charge in [0.05, 0.1) is 22.6 Å². The zero-order chi connectivity index (χ0) is 14.5.